The summed E-state index contributed by atoms with van der Waals surface area (Å²) < 4.78 is 12.7. The zero-order valence-corrected chi connectivity index (χ0v) is 10.6. The number of halogens is 1. The Balaban J connectivity index is 1.86. The van der Waals surface area contributed by atoms with Crippen LogP contribution in [0, 0.1) is 11.7 Å². The van der Waals surface area contributed by atoms with E-state index >= 15 is 0 Å². The van der Waals surface area contributed by atoms with Gasteiger partial charge < -0.3 is 10.6 Å². The van der Waals surface area contributed by atoms with Crippen LogP contribution in [0.4, 0.5) is 14.9 Å². The summed E-state index contributed by atoms with van der Waals surface area (Å²) in [5.41, 5.74) is 0.609. The minimum absolute atomic E-state index is 0.208. The lowest BCUT2D eigenvalue weighted by molar-refractivity contribution is 0.232. The average Bonchev–Trinajstić information content (AvgIpc) is 2.35. The zero-order valence-electron chi connectivity index (χ0n) is 10.6. The number of carbonyl (C=O) groups excluding carboxylic acids is 1. The molecule has 2 amide bonds. The molecule has 18 heavy (non-hydrogen) atoms. The maximum atomic E-state index is 12.7. The second-order valence-electron chi connectivity index (χ2n) is 4.97. The first kappa shape index (κ1) is 12.9. The third kappa shape index (κ3) is 3.45. The molecule has 2 N–H and O–H groups in total. The normalized spacial score (nSPS) is 23.4. The first-order chi connectivity index (χ1) is 8.65. The molecule has 0 aliphatic heterocycles. The van der Waals surface area contributed by atoms with Crippen LogP contribution < -0.4 is 10.6 Å². The van der Waals surface area contributed by atoms with Crippen LogP contribution in [-0.2, 0) is 0 Å². The summed E-state index contributed by atoms with van der Waals surface area (Å²) >= 11 is 0. The largest absolute Gasteiger partial charge is 0.335 e. The number of nitrogens with one attached hydrogen (secondary N) is 2. The zero-order chi connectivity index (χ0) is 13.0. The van der Waals surface area contributed by atoms with Crippen molar-refractivity contribution in [2.75, 3.05) is 5.32 Å². The molecule has 2 rings (SSSR count). The lowest BCUT2D eigenvalue weighted by Crippen LogP contribution is -2.43. The van der Waals surface area contributed by atoms with E-state index in [1.807, 2.05) is 0 Å². The van der Waals surface area contributed by atoms with Crippen molar-refractivity contribution >= 4 is 11.7 Å². The van der Waals surface area contributed by atoms with Gasteiger partial charge in [-0.3, -0.25) is 0 Å². The van der Waals surface area contributed by atoms with Crippen LogP contribution in [-0.4, -0.2) is 12.1 Å². The third-order valence-corrected chi connectivity index (χ3v) is 3.53. The lowest BCUT2D eigenvalue weighted by Gasteiger charge is -2.29. The van der Waals surface area contributed by atoms with Gasteiger partial charge in [0, 0.05) is 11.7 Å². The molecule has 4 heteroatoms. The Labute approximate surface area is 107 Å². The SMILES string of the molecule is C[C@@H]1CCCC[C@H]1NC(=O)Nc1ccc(F)cc1. The van der Waals surface area contributed by atoms with Gasteiger partial charge in [0.05, 0.1) is 0 Å². The molecule has 0 heterocycles. The molecule has 0 spiro atoms. The highest BCUT2D eigenvalue weighted by Gasteiger charge is 2.22. The minimum atomic E-state index is -0.304. The average molecular weight is 250 g/mol. The Bertz CT molecular complexity index is 405. The molecule has 1 saturated carbocycles. The first-order valence-corrected chi connectivity index (χ1v) is 6.48. The fourth-order valence-electron chi connectivity index (χ4n) is 2.40. The highest BCUT2D eigenvalue weighted by molar-refractivity contribution is 5.89. The molecule has 1 aliphatic carbocycles. The Morgan fingerprint density at radius 1 is 1.22 bits per heavy atom. The Morgan fingerprint density at radius 3 is 2.56 bits per heavy atom. The van der Waals surface area contributed by atoms with Crippen molar-refractivity contribution in [1.29, 1.82) is 0 Å². The van der Waals surface area contributed by atoms with Gasteiger partial charge in [-0.1, -0.05) is 19.8 Å². The van der Waals surface area contributed by atoms with Crippen LogP contribution in [0.2, 0.25) is 0 Å². The standard InChI is InChI=1S/C14H19FN2O/c1-10-4-2-3-5-13(10)17-14(18)16-12-8-6-11(15)7-9-12/h6-10,13H,2-5H2,1H3,(H2,16,17,18)/t10-,13-/m1/s1. The van der Waals surface area contributed by atoms with Gasteiger partial charge in [0.15, 0.2) is 0 Å². The molecule has 3 nitrogen and oxygen atoms in total. The Kier molecular flexibility index (Phi) is 4.18. The van der Waals surface area contributed by atoms with Crippen LogP contribution in [0.5, 0.6) is 0 Å². The van der Waals surface area contributed by atoms with E-state index < -0.39 is 0 Å². The predicted molar refractivity (Wildman–Crippen MR) is 70.0 cm³/mol. The van der Waals surface area contributed by atoms with E-state index in [4.69, 9.17) is 0 Å². The van der Waals surface area contributed by atoms with Crippen LogP contribution in [0.1, 0.15) is 32.6 Å². The number of anilines is 1. The number of urea groups is 1. The number of rotatable bonds is 2. The Hall–Kier alpha value is -1.58. The molecular weight excluding hydrogens is 231 g/mol. The highest BCUT2D eigenvalue weighted by atomic mass is 19.1. The van der Waals surface area contributed by atoms with Crippen molar-refractivity contribution < 1.29 is 9.18 Å². The molecule has 0 radical (unpaired) electrons. The monoisotopic (exact) mass is 250 g/mol. The second-order valence-corrected chi connectivity index (χ2v) is 4.97. The summed E-state index contributed by atoms with van der Waals surface area (Å²) in [6.07, 6.45) is 4.63. The van der Waals surface area contributed by atoms with Gasteiger partial charge in [-0.25, -0.2) is 9.18 Å². The van der Waals surface area contributed by atoms with E-state index in [1.54, 1.807) is 12.1 Å². The van der Waals surface area contributed by atoms with E-state index in [1.165, 1.54) is 31.4 Å². The fraction of sp³-hybridized carbons (Fsp3) is 0.500. The maximum absolute atomic E-state index is 12.7. The number of hydrogen-bond donors (Lipinski definition) is 2. The fourth-order valence-corrected chi connectivity index (χ4v) is 2.40. The quantitative estimate of drug-likeness (QED) is 0.828. The van der Waals surface area contributed by atoms with Crippen LogP contribution in [0.15, 0.2) is 24.3 Å². The molecule has 0 aromatic heterocycles. The Morgan fingerprint density at radius 2 is 1.89 bits per heavy atom. The molecule has 2 atom stereocenters. The molecule has 1 aliphatic rings. The molecule has 0 bridgehead atoms. The number of hydrogen-bond acceptors (Lipinski definition) is 1. The molecule has 1 fully saturated rings. The summed E-state index contributed by atoms with van der Waals surface area (Å²) in [7, 11) is 0. The summed E-state index contributed by atoms with van der Waals surface area (Å²) in [6, 6.07) is 5.82. The van der Waals surface area contributed by atoms with E-state index in [9.17, 15) is 9.18 Å². The van der Waals surface area contributed by atoms with E-state index in [0.717, 1.165) is 6.42 Å². The van der Waals surface area contributed by atoms with Crippen molar-refractivity contribution in [3.8, 4) is 0 Å². The molecule has 0 saturated heterocycles. The third-order valence-electron chi connectivity index (χ3n) is 3.53. The van der Waals surface area contributed by atoms with Crippen LogP contribution >= 0.6 is 0 Å². The smallest absolute Gasteiger partial charge is 0.319 e. The first-order valence-electron chi connectivity index (χ1n) is 6.48. The summed E-state index contributed by atoms with van der Waals surface area (Å²) in [6.45, 7) is 2.17. The van der Waals surface area contributed by atoms with Crippen molar-refractivity contribution in [2.24, 2.45) is 5.92 Å². The van der Waals surface area contributed by atoms with Gasteiger partial charge in [-0.05, 0) is 43.0 Å². The van der Waals surface area contributed by atoms with Crippen molar-refractivity contribution in [1.82, 2.24) is 5.32 Å². The van der Waals surface area contributed by atoms with Crippen molar-refractivity contribution in [2.45, 2.75) is 38.6 Å². The molecule has 1 aromatic carbocycles. The molecule has 1 aromatic rings. The van der Waals surface area contributed by atoms with Crippen LogP contribution in [0.25, 0.3) is 0 Å². The maximum Gasteiger partial charge on any atom is 0.319 e. The number of benzene rings is 1. The van der Waals surface area contributed by atoms with Crippen molar-refractivity contribution in [3.63, 3.8) is 0 Å². The van der Waals surface area contributed by atoms with Crippen molar-refractivity contribution in [3.05, 3.63) is 30.1 Å². The summed E-state index contributed by atoms with van der Waals surface area (Å²) in [5.74, 6) is 0.222. The molecule has 0 unspecified atom stereocenters. The van der Waals surface area contributed by atoms with Gasteiger partial charge in [-0.15, -0.1) is 0 Å². The van der Waals surface area contributed by atoms with Gasteiger partial charge in [0.25, 0.3) is 0 Å². The summed E-state index contributed by atoms with van der Waals surface area (Å²) in [4.78, 5) is 11.8. The van der Waals surface area contributed by atoms with Gasteiger partial charge in [0.2, 0.25) is 0 Å². The molecular formula is C14H19FN2O. The minimum Gasteiger partial charge on any atom is -0.335 e. The highest BCUT2D eigenvalue weighted by Crippen LogP contribution is 2.23. The van der Waals surface area contributed by atoms with E-state index in [0.29, 0.717) is 11.6 Å². The lowest BCUT2D eigenvalue weighted by atomic mass is 9.86. The topological polar surface area (TPSA) is 41.1 Å². The van der Waals surface area contributed by atoms with Gasteiger partial charge in [-0.2, -0.15) is 0 Å². The number of carbonyl (C=O) groups is 1. The second kappa shape index (κ2) is 5.85. The molecule has 98 valence electrons. The van der Waals surface area contributed by atoms with E-state index in [2.05, 4.69) is 17.6 Å². The number of amides is 2. The predicted octanol–water partition coefficient (Wildman–Crippen LogP) is 3.53. The van der Waals surface area contributed by atoms with Crippen LogP contribution in [0.3, 0.4) is 0 Å². The van der Waals surface area contributed by atoms with Gasteiger partial charge in [0.1, 0.15) is 5.82 Å². The van der Waals surface area contributed by atoms with E-state index in [-0.39, 0.29) is 17.9 Å². The van der Waals surface area contributed by atoms with Gasteiger partial charge >= 0.3 is 6.03 Å². The summed E-state index contributed by atoms with van der Waals surface area (Å²) in [5, 5.41) is 5.71.